The van der Waals surface area contributed by atoms with Gasteiger partial charge in [0.2, 0.25) is 5.91 Å². The average Bonchev–Trinajstić information content (AvgIpc) is 3.11. The van der Waals surface area contributed by atoms with Crippen molar-refractivity contribution in [3.8, 4) is 0 Å². The third kappa shape index (κ3) is 4.78. The summed E-state index contributed by atoms with van der Waals surface area (Å²) < 4.78 is 10.3. The number of hydroxylamine groups is 2. The Balaban J connectivity index is 1.37. The molecule has 2 aromatic rings. The van der Waals surface area contributed by atoms with Crippen LogP contribution in [-0.2, 0) is 41.9 Å². The first-order valence-electron chi connectivity index (χ1n) is 10.7. The molecule has 2 saturated heterocycles. The minimum absolute atomic E-state index is 0.0239. The van der Waals surface area contributed by atoms with Crippen molar-refractivity contribution in [1.29, 1.82) is 0 Å². The van der Waals surface area contributed by atoms with E-state index >= 15 is 0 Å². The monoisotopic (exact) mass is 468 g/mol. The second-order valence-corrected chi connectivity index (χ2v) is 8.07. The topological polar surface area (TPSA) is 123 Å². The van der Waals surface area contributed by atoms with Gasteiger partial charge in [0, 0.05) is 0 Å². The van der Waals surface area contributed by atoms with Crippen molar-refractivity contribution in [2.45, 2.75) is 44.4 Å². The molecule has 4 atom stereocenters. The van der Waals surface area contributed by atoms with Crippen LogP contribution in [-0.4, -0.2) is 69.7 Å². The second kappa shape index (κ2) is 10.0. The number of esters is 1. The van der Waals surface area contributed by atoms with Crippen molar-refractivity contribution in [2.24, 2.45) is 0 Å². The Morgan fingerprint density at radius 2 is 1.53 bits per heavy atom. The molecule has 2 aromatic carbocycles. The van der Waals surface area contributed by atoms with Crippen LogP contribution in [0.5, 0.6) is 0 Å². The molecule has 0 aromatic heterocycles. The molecular weight excluding hydrogens is 444 g/mol. The number of ether oxygens (including phenoxy) is 2. The molecule has 10 heteroatoms. The van der Waals surface area contributed by atoms with Crippen molar-refractivity contribution < 1.29 is 38.6 Å². The van der Waals surface area contributed by atoms with Crippen LogP contribution in [0.25, 0.3) is 0 Å². The number of likely N-dealkylation sites (tertiary alicyclic amines) is 1. The van der Waals surface area contributed by atoms with E-state index in [2.05, 4.69) is 0 Å². The number of aliphatic hydroxyl groups excluding tert-OH is 1. The first-order chi connectivity index (χ1) is 16.4. The predicted molar refractivity (Wildman–Crippen MR) is 116 cm³/mol. The van der Waals surface area contributed by atoms with Crippen LogP contribution in [0.2, 0.25) is 0 Å². The van der Waals surface area contributed by atoms with Crippen LogP contribution in [0.4, 0.5) is 4.79 Å². The van der Waals surface area contributed by atoms with Gasteiger partial charge in [0.1, 0.15) is 19.3 Å². The SMILES string of the molecule is CC(=O)C(C(=O)OCc1ccccc1)N1C(=O)[C@@H]2[C@H]1[C@@H](O)CN2OC(=O)OCc1ccccc1. The zero-order valence-corrected chi connectivity index (χ0v) is 18.4. The maximum absolute atomic E-state index is 12.9. The number of benzene rings is 2. The second-order valence-electron chi connectivity index (χ2n) is 8.07. The summed E-state index contributed by atoms with van der Waals surface area (Å²) in [5, 5.41) is 11.5. The van der Waals surface area contributed by atoms with E-state index in [-0.39, 0.29) is 19.8 Å². The molecule has 34 heavy (non-hydrogen) atoms. The van der Waals surface area contributed by atoms with Gasteiger partial charge in [-0.05, 0) is 18.1 Å². The number of hydrogen-bond acceptors (Lipinski definition) is 9. The van der Waals surface area contributed by atoms with Crippen molar-refractivity contribution in [3.05, 3.63) is 71.8 Å². The lowest BCUT2D eigenvalue weighted by Gasteiger charge is -2.47. The molecule has 1 amide bonds. The van der Waals surface area contributed by atoms with Gasteiger partial charge in [-0.3, -0.25) is 9.59 Å². The summed E-state index contributed by atoms with van der Waals surface area (Å²) in [6.07, 6.45) is -2.18. The summed E-state index contributed by atoms with van der Waals surface area (Å²) in [6.45, 7) is 0.905. The van der Waals surface area contributed by atoms with E-state index in [4.69, 9.17) is 14.3 Å². The summed E-state index contributed by atoms with van der Waals surface area (Å²) >= 11 is 0. The minimum atomic E-state index is -1.50. The molecule has 0 saturated carbocycles. The number of aliphatic hydroxyl groups is 1. The van der Waals surface area contributed by atoms with Gasteiger partial charge in [-0.15, -0.1) is 5.06 Å². The molecule has 1 unspecified atom stereocenters. The lowest BCUT2D eigenvalue weighted by Crippen LogP contribution is -2.73. The maximum Gasteiger partial charge on any atom is 0.528 e. The third-order valence-electron chi connectivity index (χ3n) is 5.73. The number of β-lactam (4-membered cyclic amide) rings is 1. The number of ketones is 1. The molecule has 0 radical (unpaired) electrons. The van der Waals surface area contributed by atoms with Gasteiger partial charge in [0.05, 0.1) is 18.7 Å². The molecule has 2 heterocycles. The summed E-state index contributed by atoms with van der Waals surface area (Å²) in [6, 6.07) is 14.4. The van der Waals surface area contributed by atoms with E-state index in [1.165, 1.54) is 6.92 Å². The number of Topliss-reactive ketones (excluding diaryl/α,β-unsaturated/α-hetero) is 1. The number of rotatable bonds is 8. The molecule has 0 spiro atoms. The molecule has 1 N–H and O–H groups in total. The lowest BCUT2D eigenvalue weighted by molar-refractivity contribution is -0.196. The first kappa shape index (κ1) is 23.4. The van der Waals surface area contributed by atoms with E-state index in [1.54, 1.807) is 48.5 Å². The third-order valence-corrected chi connectivity index (χ3v) is 5.73. The van der Waals surface area contributed by atoms with Crippen molar-refractivity contribution in [2.75, 3.05) is 6.54 Å². The van der Waals surface area contributed by atoms with Gasteiger partial charge in [-0.1, -0.05) is 60.7 Å². The molecule has 178 valence electrons. The Morgan fingerprint density at radius 3 is 2.09 bits per heavy atom. The number of carbonyl (C=O) groups is 4. The summed E-state index contributed by atoms with van der Waals surface area (Å²) in [5.41, 5.74) is 1.48. The predicted octanol–water partition coefficient (Wildman–Crippen LogP) is 1.21. The van der Waals surface area contributed by atoms with Crippen LogP contribution in [0, 0.1) is 0 Å². The summed E-state index contributed by atoms with van der Waals surface area (Å²) in [5.74, 6) is -2.12. The van der Waals surface area contributed by atoms with Crippen LogP contribution in [0.1, 0.15) is 18.1 Å². The first-order valence-corrected chi connectivity index (χ1v) is 10.7. The highest BCUT2D eigenvalue weighted by Gasteiger charge is 2.64. The van der Waals surface area contributed by atoms with E-state index < -0.39 is 48.0 Å². The highest BCUT2D eigenvalue weighted by molar-refractivity contribution is 6.07. The highest BCUT2D eigenvalue weighted by Crippen LogP contribution is 2.36. The van der Waals surface area contributed by atoms with Gasteiger partial charge in [0.25, 0.3) is 0 Å². The van der Waals surface area contributed by atoms with Gasteiger partial charge < -0.3 is 24.3 Å². The average molecular weight is 468 g/mol. The lowest BCUT2D eigenvalue weighted by atomic mass is 9.91. The molecule has 0 bridgehead atoms. The van der Waals surface area contributed by atoms with E-state index in [0.717, 1.165) is 21.1 Å². The highest BCUT2D eigenvalue weighted by atomic mass is 16.8. The van der Waals surface area contributed by atoms with Gasteiger partial charge >= 0.3 is 12.1 Å². The Bertz CT molecular complexity index is 1060. The minimum Gasteiger partial charge on any atom is -0.459 e. The summed E-state index contributed by atoms with van der Waals surface area (Å²) in [4.78, 5) is 56.0. The van der Waals surface area contributed by atoms with E-state index in [0.29, 0.717) is 0 Å². The van der Waals surface area contributed by atoms with Crippen molar-refractivity contribution >= 4 is 23.8 Å². The fourth-order valence-corrected chi connectivity index (χ4v) is 4.13. The smallest absolute Gasteiger partial charge is 0.459 e. The van der Waals surface area contributed by atoms with Crippen LogP contribution in [0.3, 0.4) is 0 Å². The largest absolute Gasteiger partial charge is 0.528 e. The fourth-order valence-electron chi connectivity index (χ4n) is 4.13. The fraction of sp³-hybridized carbons (Fsp3) is 0.333. The Kier molecular flexibility index (Phi) is 6.90. The molecule has 10 nitrogen and oxygen atoms in total. The molecule has 2 aliphatic heterocycles. The Morgan fingerprint density at radius 1 is 0.971 bits per heavy atom. The van der Waals surface area contributed by atoms with Crippen LogP contribution >= 0.6 is 0 Å². The number of amides is 1. The van der Waals surface area contributed by atoms with Crippen molar-refractivity contribution in [3.63, 3.8) is 0 Å². The molecule has 4 rings (SSSR count). The number of fused-ring (bicyclic) bond motifs is 1. The number of β-amino-alcohol motifs (C(OH)–C–C–N with tert-alkyl or cyclic N) is 1. The number of carbonyl (C=O) groups excluding carboxylic acids is 4. The summed E-state index contributed by atoms with van der Waals surface area (Å²) in [7, 11) is 0. The molecular formula is C24H24N2O8. The maximum atomic E-state index is 12.9. The van der Waals surface area contributed by atoms with Gasteiger partial charge in [-0.25, -0.2) is 9.59 Å². The van der Waals surface area contributed by atoms with Gasteiger partial charge in [-0.2, -0.15) is 0 Å². The Labute approximate surface area is 195 Å². The van der Waals surface area contributed by atoms with Crippen LogP contribution < -0.4 is 0 Å². The zero-order valence-electron chi connectivity index (χ0n) is 18.4. The Hall–Kier alpha value is -3.76. The standard InChI is InChI=1S/C24H24N2O8/c1-15(27)19(23(30)32-13-16-8-4-2-5-9-16)26-20-18(28)12-25(21(20)22(26)29)34-24(31)33-14-17-10-6-3-7-11-17/h2-11,18-21,28H,12-14H2,1H3/t18-,19?,20+,21-/m0/s1. The normalized spacial score (nSPS) is 22.4. The van der Waals surface area contributed by atoms with Crippen LogP contribution in [0.15, 0.2) is 60.7 Å². The molecule has 2 fully saturated rings. The quantitative estimate of drug-likeness (QED) is 0.346. The van der Waals surface area contributed by atoms with E-state index in [1.807, 2.05) is 12.1 Å². The molecule has 0 aliphatic carbocycles. The van der Waals surface area contributed by atoms with Gasteiger partial charge in [0.15, 0.2) is 11.8 Å². The zero-order chi connectivity index (χ0) is 24.2. The van der Waals surface area contributed by atoms with E-state index in [9.17, 15) is 24.3 Å². The van der Waals surface area contributed by atoms with Crippen molar-refractivity contribution in [1.82, 2.24) is 9.96 Å². The number of nitrogens with zero attached hydrogens (tertiary/aromatic N) is 2. The number of hydrogen-bond donors (Lipinski definition) is 1. The molecule has 2 aliphatic rings.